The number of rotatable bonds is 8. The molecule has 1 N–H and O–H groups in total. The molecule has 1 aliphatic rings. The zero-order valence-electron chi connectivity index (χ0n) is 17.0. The smallest absolute Gasteiger partial charge is 0.240 e. The van der Waals surface area contributed by atoms with Crippen LogP contribution in [0.3, 0.4) is 0 Å². The molecule has 1 atom stereocenters. The SMILES string of the molecule is CCOc1ccc(S(=O)(=O)NCC(c2ccsc2)N2CCc3ccccc3C2)cc1. The number of fused-ring (bicyclic) bond motifs is 1. The maximum absolute atomic E-state index is 12.9. The lowest BCUT2D eigenvalue weighted by atomic mass is 9.97. The molecule has 1 unspecified atom stereocenters. The largest absolute Gasteiger partial charge is 0.494 e. The number of nitrogens with zero attached hydrogens (tertiary/aromatic N) is 1. The van der Waals surface area contributed by atoms with Crippen LogP contribution in [0.25, 0.3) is 0 Å². The number of hydrogen-bond donors (Lipinski definition) is 1. The third kappa shape index (κ3) is 4.75. The molecule has 0 fully saturated rings. The van der Waals surface area contributed by atoms with E-state index in [0.717, 1.165) is 25.1 Å². The Balaban J connectivity index is 1.50. The van der Waals surface area contributed by atoms with Gasteiger partial charge >= 0.3 is 0 Å². The van der Waals surface area contributed by atoms with E-state index in [1.165, 1.54) is 11.1 Å². The highest BCUT2D eigenvalue weighted by molar-refractivity contribution is 7.89. The van der Waals surface area contributed by atoms with E-state index in [-0.39, 0.29) is 10.9 Å². The summed E-state index contributed by atoms with van der Waals surface area (Å²) in [4.78, 5) is 2.62. The van der Waals surface area contributed by atoms with Gasteiger partial charge in [-0.15, -0.1) is 0 Å². The molecule has 2 heterocycles. The molecule has 30 heavy (non-hydrogen) atoms. The van der Waals surface area contributed by atoms with Gasteiger partial charge in [0, 0.05) is 25.7 Å². The molecule has 0 spiro atoms. The van der Waals surface area contributed by atoms with E-state index in [4.69, 9.17) is 4.74 Å². The Morgan fingerprint density at radius 1 is 1.10 bits per heavy atom. The predicted molar refractivity (Wildman–Crippen MR) is 120 cm³/mol. The number of nitrogens with one attached hydrogen (secondary N) is 1. The summed E-state index contributed by atoms with van der Waals surface area (Å²) in [6.07, 6.45) is 0.975. The lowest BCUT2D eigenvalue weighted by Gasteiger charge is -2.35. The van der Waals surface area contributed by atoms with E-state index in [2.05, 4.69) is 45.3 Å². The molecule has 3 aromatic rings. The fourth-order valence-corrected chi connectivity index (χ4v) is 5.61. The second-order valence-electron chi connectivity index (χ2n) is 7.32. The Bertz CT molecular complexity index is 1060. The molecule has 5 nitrogen and oxygen atoms in total. The first-order chi connectivity index (χ1) is 14.6. The quantitative estimate of drug-likeness (QED) is 0.567. The highest BCUT2D eigenvalue weighted by Gasteiger charge is 2.27. The van der Waals surface area contributed by atoms with E-state index in [9.17, 15) is 8.42 Å². The van der Waals surface area contributed by atoms with Gasteiger partial charge in [-0.2, -0.15) is 11.3 Å². The van der Waals surface area contributed by atoms with Crippen LogP contribution in [0.2, 0.25) is 0 Å². The summed E-state index contributed by atoms with van der Waals surface area (Å²) in [5.41, 5.74) is 3.85. The highest BCUT2D eigenvalue weighted by atomic mass is 32.2. The van der Waals surface area contributed by atoms with Crippen LogP contribution >= 0.6 is 11.3 Å². The first kappa shape index (κ1) is 21.1. The highest BCUT2D eigenvalue weighted by Crippen LogP contribution is 2.29. The summed E-state index contributed by atoms with van der Waals surface area (Å²) in [6.45, 7) is 4.50. The van der Waals surface area contributed by atoms with Gasteiger partial charge in [-0.1, -0.05) is 24.3 Å². The van der Waals surface area contributed by atoms with Crippen LogP contribution in [0, 0.1) is 0 Å². The van der Waals surface area contributed by atoms with Gasteiger partial charge in [-0.25, -0.2) is 13.1 Å². The van der Waals surface area contributed by atoms with E-state index in [1.54, 1.807) is 35.6 Å². The van der Waals surface area contributed by atoms with Gasteiger partial charge in [0.25, 0.3) is 0 Å². The van der Waals surface area contributed by atoms with Gasteiger partial charge in [0.1, 0.15) is 5.75 Å². The lowest BCUT2D eigenvalue weighted by molar-refractivity contribution is 0.181. The van der Waals surface area contributed by atoms with Crippen molar-refractivity contribution in [3.05, 3.63) is 82.0 Å². The standard InChI is InChI=1S/C23H26N2O3S2/c1-2-28-21-7-9-22(10-8-21)30(26,27)24-15-23(20-12-14-29-17-20)25-13-11-18-5-3-4-6-19(18)16-25/h3-10,12,14,17,23-24H,2,11,13,15-16H2,1H3. The third-order valence-corrected chi connectivity index (χ3v) is 7.58. The number of benzene rings is 2. The van der Waals surface area contributed by atoms with Gasteiger partial charge in [0.15, 0.2) is 0 Å². The average Bonchev–Trinajstić information content (AvgIpc) is 3.29. The first-order valence-electron chi connectivity index (χ1n) is 10.1. The molecule has 1 aromatic heterocycles. The van der Waals surface area contributed by atoms with Crippen molar-refractivity contribution in [1.29, 1.82) is 0 Å². The van der Waals surface area contributed by atoms with Crippen molar-refractivity contribution in [2.75, 3.05) is 19.7 Å². The molecule has 1 aliphatic heterocycles. The fourth-order valence-electron chi connectivity index (χ4n) is 3.86. The summed E-state index contributed by atoms with van der Waals surface area (Å²) >= 11 is 1.64. The van der Waals surface area contributed by atoms with E-state index >= 15 is 0 Å². The van der Waals surface area contributed by atoms with Crippen LogP contribution in [-0.4, -0.2) is 33.0 Å². The van der Waals surface area contributed by atoms with Gasteiger partial charge in [0.05, 0.1) is 11.5 Å². The molecule has 2 aromatic carbocycles. The topological polar surface area (TPSA) is 58.6 Å². The Labute approximate surface area is 182 Å². The Morgan fingerprint density at radius 3 is 2.57 bits per heavy atom. The van der Waals surface area contributed by atoms with Crippen LogP contribution in [0.1, 0.15) is 29.7 Å². The Hall–Kier alpha value is -2.19. The predicted octanol–water partition coefficient (Wildman–Crippen LogP) is 4.22. The number of sulfonamides is 1. The van der Waals surface area contributed by atoms with Crippen molar-refractivity contribution >= 4 is 21.4 Å². The van der Waals surface area contributed by atoms with Crippen molar-refractivity contribution < 1.29 is 13.2 Å². The Kier molecular flexibility index (Phi) is 6.53. The van der Waals surface area contributed by atoms with Crippen molar-refractivity contribution in [2.45, 2.75) is 30.8 Å². The molecule has 0 aliphatic carbocycles. The molecule has 0 bridgehead atoms. The third-order valence-electron chi connectivity index (χ3n) is 5.44. The fraction of sp³-hybridized carbons (Fsp3) is 0.304. The zero-order chi connectivity index (χ0) is 21.0. The molecular formula is C23H26N2O3S2. The molecule has 0 amide bonds. The van der Waals surface area contributed by atoms with E-state index in [0.29, 0.717) is 18.9 Å². The normalized spacial score (nSPS) is 15.5. The zero-order valence-corrected chi connectivity index (χ0v) is 18.6. The van der Waals surface area contributed by atoms with Crippen molar-refractivity contribution in [3.63, 3.8) is 0 Å². The van der Waals surface area contributed by atoms with Gasteiger partial charge in [-0.3, -0.25) is 4.90 Å². The average molecular weight is 443 g/mol. The molecular weight excluding hydrogens is 416 g/mol. The summed E-state index contributed by atoms with van der Waals surface area (Å²) in [6, 6.07) is 17.1. The molecule has 0 radical (unpaired) electrons. The lowest BCUT2D eigenvalue weighted by Crippen LogP contribution is -2.40. The minimum atomic E-state index is -3.61. The minimum Gasteiger partial charge on any atom is -0.494 e. The Morgan fingerprint density at radius 2 is 1.87 bits per heavy atom. The molecule has 4 rings (SSSR count). The van der Waals surface area contributed by atoms with Crippen molar-refractivity contribution in [2.24, 2.45) is 0 Å². The summed E-state index contributed by atoms with van der Waals surface area (Å²) in [7, 11) is -3.61. The summed E-state index contributed by atoms with van der Waals surface area (Å²) in [5, 5.41) is 4.15. The van der Waals surface area contributed by atoms with E-state index < -0.39 is 10.0 Å². The van der Waals surface area contributed by atoms with Crippen LogP contribution in [-0.2, 0) is 23.0 Å². The van der Waals surface area contributed by atoms with Crippen molar-refractivity contribution in [3.8, 4) is 5.75 Å². The van der Waals surface area contributed by atoms with Crippen LogP contribution < -0.4 is 9.46 Å². The minimum absolute atomic E-state index is 0.0120. The van der Waals surface area contributed by atoms with Gasteiger partial charge in [-0.05, 0) is 71.1 Å². The monoisotopic (exact) mass is 442 g/mol. The maximum Gasteiger partial charge on any atom is 0.240 e. The number of ether oxygens (including phenoxy) is 1. The van der Waals surface area contributed by atoms with Crippen LogP contribution in [0.4, 0.5) is 0 Å². The van der Waals surface area contributed by atoms with E-state index in [1.807, 2.05) is 12.3 Å². The molecule has 0 saturated carbocycles. The van der Waals surface area contributed by atoms with Crippen LogP contribution in [0.15, 0.2) is 70.3 Å². The van der Waals surface area contributed by atoms with Crippen LogP contribution in [0.5, 0.6) is 5.75 Å². The second-order valence-corrected chi connectivity index (χ2v) is 9.86. The summed E-state index contributed by atoms with van der Waals surface area (Å²) < 4.78 is 34.0. The first-order valence-corrected chi connectivity index (χ1v) is 12.5. The molecule has 0 saturated heterocycles. The summed E-state index contributed by atoms with van der Waals surface area (Å²) in [5.74, 6) is 0.666. The number of thiophene rings is 1. The van der Waals surface area contributed by atoms with Crippen molar-refractivity contribution in [1.82, 2.24) is 9.62 Å². The second kappa shape index (κ2) is 9.31. The number of hydrogen-bond acceptors (Lipinski definition) is 5. The molecule has 158 valence electrons. The van der Waals surface area contributed by atoms with Gasteiger partial charge in [0.2, 0.25) is 10.0 Å². The maximum atomic E-state index is 12.9. The van der Waals surface area contributed by atoms with Gasteiger partial charge < -0.3 is 4.74 Å². The molecule has 7 heteroatoms.